The van der Waals surface area contributed by atoms with Gasteiger partial charge in [-0.1, -0.05) is 24.3 Å². The molecule has 1 aliphatic heterocycles. The van der Waals surface area contributed by atoms with E-state index in [2.05, 4.69) is 17.0 Å². The molecule has 3 heteroatoms. The number of hydrogen-bond acceptors (Lipinski definition) is 3. The Balaban J connectivity index is 1.60. The lowest BCUT2D eigenvalue weighted by atomic mass is 9.85. The third-order valence-corrected chi connectivity index (χ3v) is 5.53. The summed E-state index contributed by atoms with van der Waals surface area (Å²) in [6.07, 6.45) is 7.20. The average Bonchev–Trinajstić information content (AvgIpc) is 3.16. The van der Waals surface area contributed by atoms with Crippen LogP contribution in [0.3, 0.4) is 0 Å². The molecule has 0 radical (unpaired) electrons. The fourth-order valence-corrected chi connectivity index (χ4v) is 4.21. The maximum absolute atomic E-state index is 10.6. The molecular formula is C22H27NO2. The van der Waals surface area contributed by atoms with Gasteiger partial charge in [0.25, 0.3) is 0 Å². The molecule has 0 unspecified atom stereocenters. The fraction of sp³-hybridized carbons (Fsp3) is 0.455. The monoisotopic (exact) mass is 337 g/mol. The van der Waals surface area contributed by atoms with Crippen molar-refractivity contribution in [2.24, 2.45) is 0 Å². The van der Waals surface area contributed by atoms with Crippen LogP contribution in [0.5, 0.6) is 11.5 Å². The zero-order valence-corrected chi connectivity index (χ0v) is 14.8. The Hall–Kier alpha value is -2.00. The number of phenolic OH excluding ortho intramolecular Hbond substituents is 1. The van der Waals surface area contributed by atoms with Crippen molar-refractivity contribution in [3.8, 4) is 22.6 Å². The molecule has 4 rings (SSSR count). The van der Waals surface area contributed by atoms with E-state index in [0.717, 1.165) is 36.3 Å². The lowest BCUT2D eigenvalue weighted by Gasteiger charge is -2.22. The van der Waals surface area contributed by atoms with Gasteiger partial charge in [0, 0.05) is 17.7 Å². The molecule has 2 aromatic rings. The van der Waals surface area contributed by atoms with E-state index >= 15 is 0 Å². The highest BCUT2D eigenvalue weighted by atomic mass is 16.5. The molecule has 132 valence electrons. The second kappa shape index (κ2) is 7.49. The molecule has 3 nitrogen and oxygen atoms in total. The van der Waals surface area contributed by atoms with Crippen molar-refractivity contribution >= 4 is 0 Å². The number of aromatic hydroxyl groups is 1. The van der Waals surface area contributed by atoms with Crippen LogP contribution in [0, 0.1) is 0 Å². The minimum atomic E-state index is 0.372. The van der Waals surface area contributed by atoms with Crippen LogP contribution in [-0.2, 0) is 12.8 Å². The number of ether oxygens (including phenoxy) is 1. The highest BCUT2D eigenvalue weighted by Gasteiger charge is 2.20. The maximum atomic E-state index is 10.6. The molecule has 2 aromatic carbocycles. The molecule has 0 amide bonds. The summed E-state index contributed by atoms with van der Waals surface area (Å²) >= 11 is 0. The van der Waals surface area contributed by atoms with Crippen molar-refractivity contribution in [2.75, 3.05) is 26.2 Å². The van der Waals surface area contributed by atoms with E-state index in [1.54, 1.807) is 0 Å². The van der Waals surface area contributed by atoms with Gasteiger partial charge in [-0.2, -0.15) is 0 Å². The molecular weight excluding hydrogens is 310 g/mol. The summed E-state index contributed by atoms with van der Waals surface area (Å²) in [6, 6.07) is 12.1. The first-order valence-electron chi connectivity index (χ1n) is 9.61. The Bertz CT molecular complexity index is 735. The van der Waals surface area contributed by atoms with Crippen LogP contribution in [0.15, 0.2) is 36.4 Å². The number of fused-ring (bicyclic) bond motifs is 1. The third kappa shape index (κ3) is 3.52. The van der Waals surface area contributed by atoms with Crippen LogP contribution in [0.25, 0.3) is 11.1 Å². The van der Waals surface area contributed by atoms with Crippen LogP contribution in [0.4, 0.5) is 0 Å². The number of aryl methyl sites for hydroxylation is 1. The maximum Gasteiger partial charge on any atom is 0.127 e. The van der Waals surface area contributed by atoms with Gasteiger partial charge >= 0.3 is 0 Å². The summed E-state index contributed by atoms with van der Waals surface area (Å²) in [7, 11) is 0. The van der Waals surface area contributed by atoms with Crippen molar-refractivity contribution in [1.29, 1.82) is 0 Å². The highest BCUT2D eigenvalue weighted by Crippen LogP contribution is 2.41. The average molecular weight is 337 g/mol. The Kier molecular flexibility index (Phi) is 4.93. The summed E-state index contributed by atoms with van der Waals surface area (Å²) in [5.74, 6) is 1.26. The number of hydrogen-bond donors (Lipinski definition) is 1. The Morgan fingerprint density at radius 2 is 1.72 bits per heavy atom. The minimum absolute atomic E-state index is 0.372. The number of para-hydroxylation sites is 1. The van der Waals surface area contributed by atoms with E-state index in [4.69, 9.17) is 4.74 Å². The molecule has 0 atom stereocenters. The standard InChI is InChI=1S/C22H27NO2/c24-20-12-11-17-7-1-2-8-18(17)22(20)19-9-3-4-10-21(19)25-16-15-23-13-5-6-14-23/h3-4,9-12,24H,1-2,5-8,13-16H2. The Morgan fingerprint density at radius 1 is 0.920 bits per heavy atom. The smallest absolute Gasteiger partial charge is 0.127 e. The van der Waals surface area contributed by atoms with Gasteiger partial charge in [0.1, 0.15) is 18.1 Å². The Morgan fingerprint density at radius 3 is 2.60 bits per heavy atom. The zero-order valence-electron chi connectivity index (χ0n) is 14.8. The molecule has 1 fully saturated rings. The van der Waals surface area contributed by atoms with Crippen molar-refractivity contribution < 1.29 is 9.84 Å². The van der Waals surface area contributed by atoms with E-state index in [1.807, 2.05) is 24.3 Å². The summed E-state index contributed by atoms with van der Waals surface area (Å²) in [5, 5.41) is 10.6. The molecule has 1 saturated heterocycles. The molecule has 2 aliphatic rings. The van der Waals surface area contributed by atoms with Crippen molar-refractivity contribution in [3.63, 3.8) is 0 Å². The van der Waals surface area contributed by atoms with Gasteiger partial charge in [-0.05, 0) is 74.9 Å². The quantitative estimate of drug-likeness (QED) is 0.877. The first kappa shape index (κ1) is 16.5. The van der Waals surface area contributed by atoms with Crippen LogP contribution in [-0.4, -0.2) is 36.2 Å². The van der Waals surface area contributed by atoms with Gasteiger partial charge in [0.05, 0.1) is 0 Å². The lowest BCUT2D eigenvalue weighted by molar-refractivity contribution is 0.238. The normalized spacial score (nSPS) is 17.4. The summed E-state index contributed by atoms with van der Waals surface area (Å²) < 4.78 is 6.15. The second-order valence-electron chi connectivity index (χ2n) is 7.20. The van der Waals surface area contributed by atoms with E-state index in [9.17, 15) is 5.11 Å². The van der Waals surface area contributed by atoms with Crippen LogP contribution in [0.2, 0.25) is 0 Å². The van der Waals surface area contributed by atoms with E-state index in [-0.39, 0.29) is 0 Å². The van der Waals surface area contributed by atoms with Crippen LogP contribution >= 0.6 is 0 Å². The fourth-order valence-electron chi connectivity index (χ4n) is 4.21. The predicted molar refractivity (Wildman–Crippen MR) is 101 cm³/mol. The molecule has 1 aliphatic carbocycles. The largest absolute Gasteiger partial charge is 0.507 e. The van der Waals surface area contributed by atoms with Crippen molar-refractivity contribution in [3.05, 3.63) is 47.5 Å². The van der Waals surface area contributed by atoms with Gasteiger partial charge in [-0.15, -0.1) is 0 Å². The van der Waals surface area contributed by atoms with Gasteiger partial charge < -0.3 is 9.84 Å². The number of nitrogens with zero attached hydrogens (tertiary/aromatic N) is 1. The Labute approximate surface area is 150 Å². The summed E-state index contributed by atoms with van der Waals surface area (Å²) in [5.41, 5.74) is 4.70. The second-order valence-corrected chi connectivity index (χ2v) is 7.20. The number of rotatable bonds is 5. The first-order valence-corrected chi connectivity index (χ1v) is 9.61. The molecule has 1 heterocycles. The third-order valence-electron chi connectivity index (χ3n) is 5.53. The highest BCUT2D eigenvalue weighted by molar-refractivity contribution is 5.79. The van der Waals surface area contributed by atoms with Gasteiger partial charge in [0.15, 0.2) is 0 Å². The van der Waals surface area contributed by atoms with E-state index in [0.29, 0.717) is 12.4 Å². The van der Waals surface area contributed by atoms with Crippen molar-refractivity contribution in [1.82, 2.24) is 4.90 Å². The molecule has 25 heavy (non-hydrogen) atoms. The van der Waals surface area contributed by atoms with E-state index in [1.165, 1.54) is 49.9 Å². The van der Waals surface area contributed by atoms with Gasteiger partial charge in [0.2, 0.25) is 0 Å². The predicted octanol–water partition coefficient (Wildman–Crippen LogP) is 4.41. The topological polar surface area (TPSA) is 32.7 Å². The SMILES string of the molecule is Oc1ccc2c(c1-c1ccccc1OCCN1CCCC1)CCCC2. The number of phenols is 1. The minimum Gasteiger partial charge on any atom is -0.507 e. The molecule has 0 bridgehead atoms. The van der Waals surface area contributed by atoms with Crippen LogP contribution in [0.1, 0.15) is 36.8 Å². The van der Waals surface area contributed by atoms with Gasteiger partial charge in [-0.25, -0.2) is 0 Å². The van der Waals surface area contributed by atoms with Crippen molar-refractivity contribution in [2.45, 2.75) is 38.5 Å². The number of benzene rings is 2. The lowest BCUT2D eigenvalue weighted by Crippen LogP contribution is -2.25. The first-order chi connectivity index (χ1) is 12.3. The summed E-state index contributed by atoms with van der Waals surface area (Å²) in [4.78, 5) is 2.46. The van der Waals surface area contributed by atoms with Crippen LogP contribution < -0.4 is 4.74 Å². The van der Waals surface area contributed by atoms with E-state index < -0.39 is 0 Å². The van der Waals surface area contributed by atoms with Gasteiger partial charge in [-0.3, -0.25) is 4.90 Å². The molecule has 0 aromatic heterocycles. The zero-order chi connectivity index (χ0) is 17.1. The summed E-state index contributed by atoms with van der Waals surface area (Å²) in [6.45, 7) is 4.07. The number of likely N-dealkylation sites (tertiary alicyclic amines) is 1. The molecule has 0 spiro atoms. The molecule has 1 N–H and O–H groups in total. The molecule has 0 saturated carbocycles.